The van der Waals surface area contributed by atoms with Gasteiger partial charge in [0.1, 0.15) is 6.10 Å². The number of rotatable bonds is 29. The normalized spacial score (nSPS) is 14.4. The van der Waals surface area contributed by atoms with Crippen LogP contribution in [0.2, 0.25) is 0 Å². The van der Waals surface area contributed by atoms with E-state index in [2.05, 4.69) is 55.6 Å². The van der Waals surface area contributed by atoms with Crippen molar-refractivity contribution >= 4 is 5.91 Å². The van der Waals surface area contributed by atoms with Crippen molar-refractivity contribution in [3.8, 4) is 0 Å². The molecule has 3 unspecified atom stereocenters. The Kier molecular flexibility index (Phi) is 29.4. The van der Waals surface area contributed by atoms with Crippen LogP contribution in [0, 0.1) is 0 Å². The monoisotopic (exact) mass is 563 g/mol. The lowest BCUT2D eigenvalue weighted by Crippen LogP contribution is -2.50. The van der Waals surface area contributed by atoms with Crippen molar-refractivity contribution in [1.82, 2.24) is 5.32 Å². The quantitative estimate of drug-likeness (QED) is 0.0543. The highest BCUT2D eigenvalue weighted by molar-refractivity contribution is 5.76. The average Bonchev–Trinajstić information content (AvgIpc) is 2.96. The maximum absolute atomic E-state index is 12.3. The Morgan fingerprint density at radius 3 is 1.65 bits per heavy atom. The first kappa shape index (κ1) is 38.6. The molecule has 0 aliphatic carbocycles. The van der Waals surface area contributed by atoms with Gasteiger partial charge in [0.25, 0.3) is 0 Å². The molecule has 0 bridgehead atoms. The highest BCUT2D eigenvalue weighted by Crippen LogP contribution is 2.12. The van der Waals surface area contributed by atoms with E-state index in [1.807, 2.05) is 0 Å². The van der Waals surface area contributed by atoms with Gasteiger partial charge in [-0.1, -0.05) is 115 Å². The second-order valence-corrected chi connectivity index (χ2v) is 11.4. The van der Waals surface area contributed by atoms with E-state index in [4.69, 9.17) is 0 Å². The van der Waals surface area contributed by atoms with Crippen molar-refractivity contribution in [2.45, 2.75) is 173 Å². The number of hydrogen-bond donors (Lipinski definition) is 4. The predicted octanol–water partition coefficient (Wildman–Crippen LogP) is 8.48. The molecule has 0 aromatic rings. The molecule has 0 aliphatic heterocycles. The zero-order chi connectivity index (χ0) is 29.5. The van der Waals surface area contributed by atoms with Crippen molar-refractivity contribution in [1.29, 1.82) is 0 Å². The standard InChI is InChI=1S/C35H65NO4/c1-3-5-7-9-11-13-14-15-16-17-18-19-20-22-24-26-28-30-34(39)36-32(31-37)35(40)33(38)29-27-25-23-21-12-10-8-6-4-2/h11,13,15-16,21,23,32-33,35,37-38,40H,3-10,12,14,17-20,22,24-31H2,1-2H3,(H,36,39)/b13-11-,16-15-,23-21+. The van der Waals surface area contributed by atoms with Crippen LogP contribution in [0.4, 0.5) is 0 Å². The van der Waals surface area contributed by atoms with Crippen LogP contribution < -0.4 is 5.32 Å². The molecular formula is C35H65NO4. The van der Waals surface area contributed by atoms with E-state index in [0.29, 0.717) is 12.8 Å². The van der Waals surface area contributed by atoms with E-state index in [1.54, 1.807) is 0 Å². The second-order valence-electron chi connectivity index (χ2n) is 11.4. The van der Waals surface area contributed by atoms with E-state index >= 15 is 0 Å². The van der Waals surface area contributed by atoms with Gasteiger partial charge >= 0.3 is 0 Å². The second kappa shape index (κ2) is 30.5. The molecule has 0 spiro atoms. The van der Waals surface area contributed by atoms with Crippen LogP contribution in [0.25, 0.3) is 0 Å². The van der Waals surface area contributed by atoms with Gasteiger partial charge in [-0.3, -0.25) is 4.79 Å². The molecule has 0 saturated heterocycles. The van der Waals surface area contributed by atoms with Crippen LogP contribution in [0.3, 0.4) is 0 Å². The molecule has 0 aromatic heterocycles. The average molecular weight is 564 g/mol. The zero-order valence-corrected chi connectivity index (χ0v) is 26.2. The van der Waals surface area contributed by atoms with Crippen molar-refractivity contribution in [2.75, 3.05) is 6.61 Å². The van der Waals surface area contributed by atoms with Crippen molar-refractivity contribution in [3.63, 3.8) is 0 Å². The topological polar surface area (TPSA) is 89.8 Å². The molecular weight excluding hydrogens is 498 g/mol. The minimum absolute atomic E-state index is 0.168. The molecule has 234 valence electrons. The number of aliphatic hydroxyl groups excluding tert-OH is 3. The summed E-state index contributed by atoms with van der Waals surface area (Å²) in [6.07, 6.45) is 35.2. The number of nitrogens with one attached hydrogen (secondary N) is 1. The number of carbonyl (C=O) groups is 1. The van der Waals surface area contributed by atoms with Crippen LogP contribution >= 0.6 is 0 Å². The van der Waals surface area contributed by atoms with Gasteiger partial charge in [-0.15, -0.1) is 0 Å². The summed E-state index contributed by atoms with van der Waals surface area (Å²) in [5.74, 6) is -0.168. The Hall–Kier alpha value is -1.43. The van der Waals surface area contributed by atoms with Gasteiger partial charge in [0.15, 0.2) is 0 Å². The van der Waals surface area contributed by atoms with E-state index < -0.39 is 18.2 Å². The zero-order valence-electron chi connectivity index (χ0n) is 26.2. The van der Waals surface area contributed by atoms with E-state index in [1.165, 1.54) is 77.0 Å². The van der Waals surface area contributed by atoms with Gasteiger partial charge in [-0.2, -0.15) is 0 Å². The number of carbonyl (C=O) groups excluding carboxylic acids is 1. The van der Waals surface area contributed by atoms with Gasteiger partial charge < -0.3 is 20.6 Å². The smallest absolute Gasteiger partial charge is 0.220 e. The van der Waals surface area contributed by atoms with Crippen molar-refractivity contribution in [3.05, 3.63) is 36.5 Å². The van der Waals surface area contributed by atoms with Gasteiger partial charge in [-0.05, 0) is 70.6 Å². The summed E-state index contributed by atoms with van der Waals surface area (Å²) in [7, 11) is 0. The van der Waals surface area contributed by atoms with Crippen molar-refractivity contribution in [2.24, 2.45) is 0 Å². The highest BCUT2D eigenvalue weighted by Gasteiger charge is 2.26. The summed E-state index contributed by atoms with van der Waals surface area (Å²) in [6, 6.07) is -0.826. The lowest BCUT2D eigenvalue weighted by molar-refractivity contribution is -0.124. The summed E-state index contributed by atoms with van der Waals surface area (Å²) in [4.78, 5) is 12.3. The van der Waals surface area contributed by atoms with Crippen LogP contribution in [-0.4, -0.2) is 46.1 Å². The Bertz CT molecular complexity index is 631. The molecule has 0 radical (unpaired) electrons. The van der Waals surface area contributed by atoms with Gasteiger partial charge in [-0.25, -0.2) is 0 Å². The number of allylic oxidation sites excluding steroid dienone is 6. The first-order valence-electron chi connectivity index (χ1n) is 16.8. The Balaban J connectivity index is 3.76. The molecule has 0 heterocycles. The third kappa shape index (κ3) is 25.5. The summed E-state index contributed by atoms with van der Waals surface area (Å²) in [5.41, 5.74) is 0. The molecule has 0 saturated carbocycles. The lowest BCUT2D eigenvalue weighted by Gasteiger charge is -2.26. The molecule has 0 aliphatic rings. The summed E-state index contributed by atoms with van der Waals surface area (Å²) >= 11 is 0. The van der Waals surface area contributed by atoms with E-state index in [0.717, 1.165) is 51.4 Å². The van der Waals surface area contributed by atoms with Gasteiger partial charge in [0, 0.05) is 6.42 Å². The fraction of sp³-hybridized carbons (Fsp3) is 0.800. The molecule has 0 aromatic carbocycles. The number of amides is 1. The van der Waals surface area contributed by atoms with Crippen LogP contribution in [0.1, 0.15) is 155 Å². The largest absolute Gasteiger partial charge is 0.394 e. The van der Waals surface area contributed by atoms with E-state index in [-0.39, 0.29) is 12.5 Å². The molecule has 3 atom stereocenters. The first-order valence-corrected chi connectivity index (χ1v) is 16.8. The molecule has 5 nitrogen and oxygen atoms in total. The van der Waals surface area contributed by atoms with Gasteiger partial charge in [0.05, 0.1) is 18.8 Å². The van der Waals surface area contributed by atoms with Crippen LogP contribution in [0.15, 0.2) is 36.5 Å². The van der Waals surface area contributed by atoms with Crippen LogP contribution in [0.5, 0.6) is 0 Å². The number of hydrogen-bond acceptors (Lipinski definition) is 4. The maximum Gasteiger partial charge on any atom is 0.220 e. The summed E-state index contributed by atoms with van der Waals surface area (Å²) in [5, 5.41) is 33.1. The summed E-state index contributed by atoms with van der Waals surface area (Å²) in [6.45, 7) is 4.07. The third-order valence-electron chi connectivity index (χ3n) is 7.47. The lowest BCUT2D eigenvalue weighted by atomic mass is 10.0. The molecule has 5 heteroatoms. The molecule has 4 N–H and O–H groups in total. The molecule has 40 heavy (non-hydrogen) atoms. The fourth-order valence-electron chi connectivity index (χ4n) is 4.78. The van der Waals surface area contributed by atoms with Crippen LogP contribution in [-0.2, 0) is 4.79 Å². The highest BCUT2D eigenvalue weighted by atomic mass is 16.3. The number of aliphatic hydroxyl groups is 3. The number of unbranched alkanes of at least 4 members (excludes halogenated alkanes) is 15. The first-order chi connectivity index (χ1) is 19.6. The fourth-order valence-corrected chi connectivity index (χ4v) is 4.78. The Labute approximate surface area is 247 Å². The van der Waals surface area contributed by atoms with E-state index in [9.17, 15) is 20.1 Å². The molecule has 0 rings (SSSR count). The van der Waals surface area contributed by atoms with Crippen molar-refractivity contribution < 1.29 is 20.1 Å². The minimum Gasteiger partial charge on any atom is -0.394 e. The maximum atomic E-state index is 12.3. The predicted molar refractivity (Wildman–Crippen MR) is 171 cm³/mol. The summed E-state index contributed by atoms with van der Waals surface area (Å²) < 4.78 is 0. The molecule has 0 fully saturated rings. The Morgan fingerprint density at radius 1 is 0.625 bits per heavy atom. The third-order valence-corrected chi connectivity index (χ3v) is 7.47. The minimum atomic E-state index is -1.16. The molecule has 1 amide bonds. The SMILES string of the molecule is CCCCC/C=C\C/C=C\CCCCCCCCCC(=O)NC(CO)C(O)C(O)CCC/C=C/CCCCCC. The Morgan fingerprint density at radius 2 is 1.07 bits per heavy atom. The van der Waals surface area contributed by atoms with Gasteiger partial charge in [0.2, 0.25) is 5.91 Å².